The summed E-state index contributed by atoms with van der Waals surface area (Å²) < 4.78 is 5.58. The van der Waals surface area contributed by atoms with Gasteiger partial charge in [-0.25, -0.2) is 4.79 Å². The average Bonchev–Trinajstić information content (AvgIpc) is 3.26. The van der Waals surface area contributed by atoms with Crippen molar-refractivity contribution in [2.24, 2.45) is 0 Å². The van der Waals surface area contributed by atoms with E-state index >= 15 is 0 Å². The molecule has 6 heteroatoms. The van der Waals surface area contributed by atoms with Gasteiger partial charge in [-0.15, -0.1) is 0 Å². The third-order valence-electron chi connectivity index (χ3n) is 6.10. The number of nitrogens with zero attached hydrogens (tertiary/aromatic N) is 3. The van der Waals surface area contributed by atoms with Gasteiger partial charge in [0, 0.05) is 24.5 Å². The Morgan fingerprint density at radius 3 is 2.31 bits per heavy atom. The Morgan fingerprint density at radius 2 is 1.69 bits per heavy atom. The number of rotatable bonds is 7. The standard InChI is InChI=1S/C26H31N3O2S/c1-5-7-17-28-22-15-11-12-16-23(22)29(19(3)4)26(28)21(24(30)31-6-2)18-27(25(26)32)20-13-9-8-10-14-20/h8-16,18-19H,5-7,17H2,1-4H3. The fourth-order valence-electron chi connectivity index (χ4n) is 4.86. The van der Waals surface area contributed by atoms with Crippen LogP contribution in [-0.4, -0.2) is 35.8 Å². The van der Waals surface area contributed by atoms with Crippen LogP contribution in [0.15, 0.2) is 66.4 Å². The fourth-order valence-corrected chi connectivity index (χ4v) is 5.34. The van der Waals surface area contributed by atoms with Crippen LogP contribution in [0.5, 0.6) is 0 Å². The van der Waals surface area contributed by atoms with Gasteiger partial charge in [0.1, 0.15) is 10.6 Å². The fraction of sp³-hybridized carbons (Fsp3) is 0.385. The Hall–Kier alpha value is -2.86. The molecule has 0 radical (unpaired) electrons. The minimum atomic E-state index is -0.912. The number of hydrogen-bond donors (Lipinski definition) is 0. The zero-order valence-corrected chi connectivity index (χ0v) is 20.1. The third kappa shape index (κ3) is 3.28. The highest BCUT2D eigenvalue weighted by atomic mass is 32.1. The molecule has 2 heterocycles. The number of thiocarbonyl (C=S) groups is 1. The molecule has 0 aliphatic carbocycles. The zero-order chi connectivity index (χ0) is 22.9. The predicted molar refractivity (Wildman–Crippen MR) is 135 cm³/mol. The number of para-hydroxylation sites is 3. The maximum absolute atomic E-state index is 13.4. The van der Waals surface area contributed by atoms with Crippen LogP contribution in [0.4, 0.5) is 17.1 Å². The van der Waals surface area contributed by atoms with E-state index in [2.05, 4.69) is 48.8 Å². The quantitative estimate of drug-likeness (QED) is 0.410. The van der Waals surface area contributed by atoms with Crippen LogP contribution in [-0.2, 0) is 9.53 Å². The second-order valence-electron chi connectivity index (χ2n) is 8.40. The molecule has 2 aliphatic rings. The first-order chi connectivity index (χ1) is 15.5. The lowest BCUT2D eigenvalue weighted by atomic mass is 9.97. The van der Waals surface area contributed by atoms with Crippen molar-refractivity contribution >= 4 is 40.2 Å². The number of carbonyl (C=O) groups excluding carboxylic acids is 1. The van der Waals surface area contributed by atoms with Crippen molar-refractivity contribution < 1.29 is 9.53 Å². The van der Waals surface area contributed by atoms with Gasteiger partial charge in [0.15, 0.2) is 0 Å². The minimum absolute atomic E-state index is 0.106. The Bertz CT molecular complexity index is 1040. The van der Waals surface area contributed by atoms with E-state index in [0.717, 1.165) is 36.4 Å². The lowest BCUT2D eigenvalue weighted by molar-refractivity contribution is -0.139. The second-order valence-corrected chi connectivity index (χ2v) is 8.79. The highest BCUT2D eigenvalue weighted by molar-refractivity contribution is 7.81. The molecule has 0 saturated carbocycles. The molecule has 0 bridgehead atoms. The molecule has 0 amide bonds. The summed E-state index contributed by atoms with van der Waals surface area (Å²) in [4.78, 5) is 20.7. The highest BCUT2D eigenvalue weighted by Gasteiger charge is 2.62. The Morgan fingerprint density at radius 1 is 1.03 bits per heavy atom. The molecular weight excluding hydrogens is 418 g/mol. The molecule has 4 rings (SSSR count). The summed E-state index contributed by atoms with van der Waals surface area (Å²) in [7, 11) is 0. The summed E-state index contributed by atoms with van der Waals surface area (Å²) in [5, 5.41) is 0. The summed E-state index contributed by atoms with van der Waals surface area (Å²) in [5.74, 6) is -0.326. The van der Waals surface area contributed by atoms with Crippen LogP contribution in [0.3, 0.4) is 0 Å². The van der Waals surface area contributed by atoms with Gasteiger partial charge >= 0.3 is 5.97 Å². The van der Waals surface area contributed by atoms with E-state index < -0.39 is 5.66 Å². The van der Waals surface area contributed by atoms with Gasteiger partial charge in [0.2, 0.25) is 5.66 Å². The van der Waals surface area contributed by atoms with Gasteiger partial charge < -0.3 is 19.4 Å². The summed E-state index contributed by atoms with van der Waals surface area (Å²) >= 11 is 6.23. The van der Waals surface area contributed by atoms with Crippen LogP contribution in [0.2, 0.25) is 0 Å². The van der Waals surface area contributed by atoms with Gasteiger partial charge in [0.05, 0.1) is 18.0 Å². The topological polar surface area (TPSA) is 36.0 Å². The summed E-state index contributed by atoms with van der Waals surface area (Å²) in [6.07, 6.45) is 3.92. The van der Waals surface area contributed by atoms with Gasteiger partial charge in [-0.05, 0) is 51.5 Å². The normalized spacial score (nSPS) is 19.7. The summed E-state index contributed by atoms with van der Waals surface area (Å²) in [6.45, 7) is 9.42. The molecule has 2 aromatic rings. The molecule has 0 aromatic heterocycles. The first kappa shape index (κ1) is 22.3. The molecule has 1 spiro atoms. The van der Waals surface area contributed by atoms with E-state index in [1.165, 1.54) is 0 Å². The molecule has 2 aliphatic heterocycles. The molecule has 0 fully saturated rings. The largest absolute Gasteiger partial charge is 0.462 e. The van der Waals surface area contributed by atoms with Crippen molar-refractivity contribution in [3.63, 3.8) is 0 Å². The van der Waals surface area contributed by atoms with Gasteiger partial charge in [-0.1, -0.05) is 55.9 Å². The molecule has 168 valence electrons. The third-order valence-corrected chi connectivity index (χ3v) is 6.58. The second kappa shape index (κ2) is 8.94. The van der Waals surface area contributed by atoms with Crippen molar-refractivity contribution in [1.29, 1.82) is 0 Å². The van der Waals surface area contributed by atoms with Crippen molar-refractivity contribution in [2.75, 3.05) is 27.9 Å². The zero-order valence-electron chi connectivity index (χ0n) is 19.2. The molecule has 1 unspecified atom stereocenters. The van der Waals surface area contributed by atoms with Crippen molar-refractivity contribution in [2.45, 2.75) is 52.2 Å². The smallest absolute Gasteiger partial charge is 0.340 e. The number of ether oxygens (including phenoxy) is 1. The number of anilines is 3. The van der Waals surface area contributed by atoms with Crippen LogP contribution in [0.1, 0.15) is 40.5 Å². The Balaban J connectivity index is 1.97. The molecule has 2 aromatic carbocycles. The van der Waals surface area contributed by atoms with E-state index in [9.17, 15) is 4.79 Å². The van der Waals surface area contributed by atoms with Crippen molar-refractivity contribution in [1.82, 2.24) is 0 Å². The number of carbonyl (C=O) groups is 1. The van der Waals surface area contributed by atoms with Crippen LogP contribution in [0.25, 0.3) is 0 Å². The lowest BCUT2D eigenvalue weighted by Gasteiger charge is -2.46. The highest BCUT2D eigenvalue weighted by Crippen LogP contribution is 2.53. The van der Waals surface area contributed by atoms with E-state index in [1.807, 2.05) is 54.4 Å². The van der Waals surface area contributed by atoms with Crippen molar-refractivity contribution in [3.05, 3.63) is 66.4 Å². The molecule has 32 heavy (non-hydrogen) atoms. The average molecular weight is 450 g/mol. The van der Waals surface area contributed by atoms with Crippen LogP contribution < -0.4 is 14.7 Å². The number of esters is 1. The lowest BCUT2D eigenvalue weighted by Crippen LogP contribution is -2.66. The van der Waals surface area contributed by atoms with Crippen LogP contribution in [0, 0.1) is 0 Å². The van der Waals surface area contributed by atoms with E-state index in [1.54, 1.807) is 0 Å². The molecule has 0 saturated heterocycles. The summed E-state index contributed by atoms with van der Waals surface area (Å²) in [5.41, 5.74) is 2.78. The SMILES string of the molecule is CCCCN1c2ccccc2N(C(C)C)C12C(=S)N(c1ccccc1)C=C2C(=O)OCC. The molecule has 1 atom stereocenters. The summed E-state index contributed by atoms with van der Waals surface area (Å²) in [6, 6.07) is 18.4. The maximum Gasteiger partial charge on any atom is 0.340 e. The predicted octanol–water partition coefficient (Wildman–Crippen LogP) is 5.51. The van der Waals surface area contributed by atoms with E-state index in [0.29, 0.717) is 17.2 Å². The molecular formula is C26H31N3O2S. The van der Waals surface area contributed by atoms with Gasteiger partial charge in [-0.3, -0.25) is 0 Å². The number of hydrogen-bond acceptors (Lipinski definition) is 5. The first-order valence-electron chi connectivity index (χ1n) is 11.4. The van der Waals surface area contributed by atoms with E-state index in [4.69, 9.17) is 17.0 Å². The monoisotopic (exact) mass is 449 g/mol. The maximum atomic E-state index is 13.4. The van der Waals surface area contributed by atoms with Crippen molar-refractivity contribution in [3.8, 4) is 0 Å². The number of unbranched alkanes of at least 4 members (excludes halogenated alkanes) is 1. The Labute approximate surface area is 196 Å². The van der Waals surface area contributed by atoms with E-state index in [-0.39, 0.29) is 12.0 Å². The first-order valence-corrected chi connectivity index (χ1v) is 11.8. The van der Waals surface area contributed by atoms with Gasteiger partial charge in [0.25, 0.3) is 0 Å². The van der Waals surface area contributed by atoms with Crippen LogP contribution >= 0.6 is 12.2 Å². The Kier molecular flexibility index (Phi) is 6.24. The number of fused-ring (bicyclic) bond motifs is 1. The molecule has 0 N–H and O–H groups in total. The minimum Gasteiger partial charge on any atom is -0.462 e. The van der Waals surface area contributed by atoms with Gasteiger partial charge in [-0.2, -0.15) is 0 Å². The number of benzene rings is 2. The molecule has 5 nitrogen and oxygen atoms in total.